The third-order valence-corrected chi connectivity index (χ3v) is 4.85. The molecule has 2 fully saturated rings. The third-order valence-electron chi connectivity index (χ3n) is 4.85. The topological polar surface area (TPSA) is 57.6 Å². The normalized spacial score (nSPS) is 36.0. The first-order valence-corrected chi connectivity index (χ1v) is 7.57. The minimum atomic E-state index is -0.796. The van der Waals surface area contributed by atoms with Gasteiger partial charge in [-0.1, -0.05) is 12.8 Å². The van der Waals surface area contributed by atoms with E-state index in [9.17, 15) is 14.7 Å². The summed E-state index contributed by atoms with van der Waals surface area (Å²) in [5.74, 6) is -1.47. The summed E-state index contributed by atoms with van der Waals surface area (Å²) in [6.45, 7) is 4.18. The zero-order valence-corrected chi connectivity index (χ0v) is 12.0. The molecule has 0 aromatic heterocycles. The first-order chi connectivity index (χ1) is 9.02. The maximum atomic E-state index is 12.8. The summed E-state index contributed by atoms with van der Waals surface area (Å²) < 4.78 is 0. The molecule has 1 heterocycles. The predicted molar refractivity (Wildman–Crippen MR) is 72.7 cm³/mol. The molecule has 2 aliphatic rings. The lowest BCUT2D eigenvalue weighted by Gasteiger charge is -2.42. The van der Waals surface area contributed by atoms with Gasteiger partial charge in [0.05, 0.1) is 11.8 Å². The van der Waals surface area contributed by atoms with Gasteiger partial charge >= 0.3 is 5.97 Å². The number of likely N-dealkylation sites (tertiary alicyclic amines) is 1. The average molecular weight is 267 g/mol. The van der Waals surface area contributed by atoms with Crippen molar-refractivity contribution in [1.29, 1.82) is 0 Å². The Labute approximate surface area is 115 Å². The van der Waals surface area contributed by atoms with E-state index in [1.165, 1.54) is 6.42 Å². The van der Waals surface area contributed by atoms with Crippen molar-refractivity contribution in [2.45, 2.75) is 70.9 Å². The second-order valence-electron chi connectivity index (χ2n) is 6.21. The standard InChI is InChI=1S/C15H25NO3/c1-10-6-5-7-11(2)16(10)14(17)12-8-3-4-9-13(12)15(18)19/h10-13H,3-9H2,1-2H3,(H,18,19)/t10-,11+,12-,13-/m1/s1. The van der Waals surface area contributed by atoms with Gasteiger partial charge in [-0.05, 0) is 46.0 Å². The molecule has 19 heavy (non-hydrogen) atoms. The van der Waals surface area contributed by atoms with E-state index in [-0.39, 0.29) is 23.9 Å². The number of rotatable bonds is 2. The number of hydrogen-bond donors (Lipinski definition) is 1. The van der Waals surface area contributed by atoms with Crippen LogP contribution in [-0.4, -0.2) is 34.0 Å². The highest BCUT2D eigenvalue weighted by atomic mass is 16.4. The quantitative estimate of drug-likeness (QED) is 0.836. The Kier molecular flexibility index (Phi) is 4.48. The van der Waals surface area contributed by atoms with Crippen molar-refractivity contribution < 1.29 is 14.7 Å². The number of aliphatic carboxylic acids is 1. The van der Waals surface area contributed by atoms with E-state index in [0.717, 1.165) is 32.1 Å². The van der Waals surface area contributed by atoms with E-state index in [0.29, 0.717) is 6.42 Å². The van der Waals surface area contributed by atoms with Gasteiger partial charge in [-0.3, -0.25) is 9.59 Å². The highest BCUT2D eigenvalue weighted by molar-refractivity contribution is 5.85. The van der Waals surface area contributed by atoms with E-state index < -0.39 is 11.9 Å². The summed E-state index contributed by atoms with van der Waals surface area (Å²) in [6.07, 6.45) is 6.57. The molecule has 1 amide bonds. The fourth-order valence-electron chi connectivity index (χ4n) is 3.77. The summed E-state index contributed by atoms with van der Waals surface area (Å²) in [6, 6.07) is 0.514. The van der Waals surface area contributed by atoms with Gasteiger partial charge in [-0.2, -0.15) is 0 Å². The van der Waals surface area contributed by atoms with Crippen molar-refractivity contribution in [3.63, 3.8) is 0 Å². The van der Waals surface area contributed by atoms with E-state index in [1.54, 1.807) is 0 Å². The second kappa shape index (κ2) is 5.93. The van der Waals surface area contributed by atoms with Crippen LogP contribution in [0.5, 0.6) is 0 Å². The molecule has 0 aromatic carbocycles. The summed E-state index contributed by atoms with van der Waals surface area (Å²) >= 11 is 0. The zero-order valence-electron chi connectivity index (χ0n) is 12.0. The Balaban J connectivity index is 2.14. The molecular formula is C15H25NO3. The number of carbonyl (C=O) groups is 2. The van der Waals surface area contributed by atoms with Crippen LogP contribution in [0.15, 0.2) is 0 Å². The average Bonchev–Trinajstić information content (AvgIpc) is 2.38. The van der Waals surface area contributed by atoms with Gasteiger partial charge in [-0.25, -0.2) is 0 Å². The van der Waals surface area contributed by atoms with E-state index in [2.05, 4.69) is 13.8 Å². The summed E-state index contributed by atoms with van der Waals surface area (Å²) in [5.41, 5.74) is 0. The monoisotopic (exact) mass is 267 g/mol. The Morgan fingerprint density at radius 1 is 0.895 bits per heavy atom. The molecule has 4 atom stereocenters. The summed E-state index contributed by atoms with van der Waals surface area (Å²) in [5, 5.41) is 9.32. The van der Waals surface area contributed by atoms with E-state index in [4.69, 9.17) is 0 Å². The fourth-order valence-corrected chi connectivity index (χ4v) is 3.77. The first-order valence-electron chi connectivity index (χ1n) is 7.57. The smallest absolute Gasteiger partial charge is 0.307 e. The van der Waals surface area contributed by atoms with Crippen LogP contribution in [0.1, 0.15) is 58.8 Å². The molecule has 0 radical (unpaired) electrons. The van der Waals surface area contributed by atoms with Crippen LogP contribution in [0, 0.1) is 11.8 Å². The lowest BCUT2D eigenvalue weighted by atomic mass is 9.77. The van der Waals surface area contributed by atoms with Gasteiger partial charge in [0, 0.05) is 12.1 Å². The van der Waals surface area contributed by atoms with Crippen LogP contribution in [-0.2, 0) is 9.59 Å². The number of carbonyl (C=O) groups excluding carboxylic acids is 1. The molecule has 1 aliphatic carbocycles. The van der Waals surface area contributed by atoms with Crippen molar-refractivity contribution in [3.8, 4) is 0 Å². The largest absolute Gasteiger partial charge is 0.481 e. The molecule has 2 rings (SSSR count). The molecule has 0 spiro atoms. The van der Waals surface area contributed by atoms with E-state index in [1.807, 2.05) is 4.90 Å². The molecule has 108 valence electrons. The SMILES string of the molecule is C[C@@H]1CCC[C@H](C)N1C(=O)[C@@H]1CCCC[C@H]1C(=O)O. The molecule has 1 aliphatic heterocycles. The third kappa shape index (κ3) is 2.93. The van der Waals surface area contributed by atoms with Gasteiger partial charge in [-0.15, -0.1) is 0 Å². The Hall–Kier alpha value is -1.06. The minimum Gasteiger partial charge on any atom is -0.481 e. The van der Waals surface area contributed by atoms with Gasteiger partial charge in [0.1, 0.15) is 0 Å². The van der Waals surface area contributed by atoms with Crippen LogP contribution >= 0.6 is 0 Å². The lowest BCUT2D eigenvalue weighted by molar-refractivity contribution is -0.155. The zero-order chi connectivity index (χ0) is 14.0. The predicted octanol–water partition coefficient (Wildman–Crippen LogP) is 2.67. The molecule has 0 aromatic rings. The molecule has 0 bridgehead atoms. The van der Waals surface area contributed by atoms with Crippen LogP contribution in [0.4, 0.5) is 0 Å². The molecule has 0 unspecified atom stereocenters. The molecule has 4 nitrogen and oxygen atoms in total. The van der Waals surface area contributed by atoms with Gasteiger partial charge in [0.2, 0.25) is 5.91 Å². The summed E-state index contributed by atoms with van der Waals surface area (Å²) in [4.78, 5) is 26.1. The number of carboxylic acids is 1. The number of nitrogens with zero attached hydrogens (tertiary/aromatic N) is 1. The summed E-state index contributed by atoms with van der Waals surface area (Å²) in [7, 11) is 0. The molecule has 1 saturated heterocycles. The molecule has 1 saturated carbocycles. The lowest BCUT2D eigenvalue weighted by Crippen LogP contribution is -2.52. The number of hydrogen-bond acceptors (Lipinski definition) is 2. The Morgan fingerprint density at radius 3 is 1.95 bits per heavy atom. The highest BCUT2D eigenvalue weighted by Crippen LogP contribution is 2.34. The van der Waals surface area contributed by atoms with Gasteiger partial charge < -0.3 is 10.0 Å². The van der Waals surface area contributed by atoms with Crippen LogP contribution in [0.3, 0.4) is 0 Å². The Morgan fingerprint density at radius 2 is 1.42 bits per heavy atom. The van der Waals surface area contributed by atoms with Crippen molar-refractivity contribution in [1.82, 2.24) is 4.90 Å². The van der Waals surface area contributed by atoms with Crippen LogP contribution < -0.4 is 0 Å². The number of amides is 1. The van der Waals surface area contributed by atoms with Crippen molar-refractivity contribution >= 4 is 11.9 Å². The number of piperidine rings is 1. The van der Waals surface area contributed by atoms with Gasteiger partial charge in [0.15, 0.2) is 0 Å². The minimum absolute atomic E-state index is 0.0896. The first kappa shape index (κ1) is 14.4. The highest BCUT2D eigenvalue weighted by Gasteiger charge is 2.40. The van der Waals surface area contributed by atoms with Crippen LogP contribution in [0.2, 0.25) is 0 Å². The maximum absolute atomic E-state index is 12.8. The van der Waals surface area contributed by atoms with Crippen molar-refractivity contribution in [2.24, 2.45) is 11.8 Å². The van der Waals surface area contributed by atoms with Crippen LogP contribution in [0.25, 0.3) is 0 Å². The number of carboxylic acid groups (broad SMARTS) is 1. The maximum Gasteiger partial charge on any atom is 0.307 e. The fraction of sp³-hybridized carbons (Fsp3) is 0.867. The Bertz CT molecular complexity index is 345. The second-order valence-corrected chi connectivity index (χ2v) is 6.21. The molecule has 1 N–H and O–H groups in total. The van der Waals surface area contributed by atoms with Crippen molar-refractivity contribution in [2.75, 3.05) is 0 Å². The van der Waals surface area contributed by atoms with Crippen molar-refractivity contribution in [3.05, 3.63) is 0 Å². The van der Waals surface area contributed by atoms with Gasteiger partial charge in [0.25, 0.3) is 0 Å². The van der Waals surface area contributed by atoms with E-state index >= 15 is 0 Å². The molecular weight excluding hydrogens is 242 g/mol. The molecule has 4 heteroatoms.